The number of ether oxygens (including phenoxy) is 1. The number of hydrogen-bond donors (Lipinski definition) is 1. The van der Waals surface area contributed by atoms with Gasteiger partial charge in [-0.1, -0.05) is 12.1 Å². The molecule has 8 heteroatoms. The summed E-state index contributed by atoms with van der Waals surface area (Å²) < 4.78 is 7.73. The zero-order chi connectivity index (χ0) is 23.5. The van der Waals surface area contributed by atoms with Crippen molar-refractivity contribution in [2.45, 2.75) is 32.4 Å². The van der Waals surface area contributed by atoms with E-state index in [-0.39, 0.29) is 12.1 Å². The molecule has 0 saturated carbocycles. The topological polar surface area (TPSA) is 58.5 Å². The van der Waals surface area contributed by atoms with Crippen LogP contribution in [0.1, 0.15) is 41.1 Å². The zero-order valence-corrected chi connectivity index (χ0v) is 20.7. The van der Waals surface area contributed by atoms with Crippen LogP contribution in [0.3, 0.4) is 0 Å². The molecule has 5 rings (SSSR count). The van der Waals surface area contributed by atoms with Crippen molar-refractivity contribution >= 4 is 17.3 Å². The first-order valence-corrected chi connectivity index (χ1v) is 12.4. The van der Waals surface area contributed by atoms with Gasteiger partial charge in [0, 0.05) is 50.0 Å². The maximum absolute atomic E-state index is 5.88. The first kappa shape index (κ1) is 23.0. The number of pyridine rings is 2. The molecule has 34 heavy (non-hydrogen) atoms. The molecule has 0 bridgehead atoms. The van der Waals surface area contributed by atoms with Crippen LogP contribution in [0.5, 0.6) is 0 Å². The number of thiocarbonyl (C=S) groups is 1. The maximum atomic E-state index is 5.88. The monoisotopic (exact) mass is 476 g/mol. The van der Waals surface area contributed by atoms with E-state index in [0.717, 1.165) is 68.1 Å². The molecule has 178 valence electrons. The average Bonchev–Trinajstić information content (AvgIpc) is 3.35. The van der Waals surface area contributed by atoms with Crippen LogP contribution >= 0.6 is 12.2 Å². The molecule has 1 N–H and O–H groups in total. The quantitative estimate of drug-likeness (QED) is 0.523. The van der Waals surface area contributed by atoms with Crippen LogP contribution in [0, 0.1) is 13.8 Å². The Balaban J connectivity index is 1.46. The van der Waals surface area contributed by atoms with Gasteiger partial charge in [-0.2, -0.15) is 0 Å². The third kappa shape index (κ3) is 4.58. The van der Waals surface area contributed by atoms with Gasteiger partial charge in [0.2, 0.25) is 0 Å². The van der Waals surface area contributed by atoms with E-state index in [1.807, 2.05) is 36.7 Å². The van der Waals surface area contributed by atoms with Gasteiger partial charge in [0.25, 0.3) is 0 Å². The third-order valence-electron chi connectivity index (χ3n) is 6.84. The Morgan fingerprint density at radius 2 is 1.79 bits per heavy atom. The number of nitrogens with zero attached hydrogens (tertiary/aromatic N) is 5. The van der Waals surface area contributed by atoms with Gasteiger partial charge in [-0.15, -0.1) is 0 Å². The van der Waals surface area contributed by atoms with Crippen molar-refractivity contribution in [3.8, 4) is 5.82 Å². The Labute approximate surface area is 206 Å². The molecule has 3 aromatic rings. The van der Waals surface area contributed by atoms with Crippen molar-refractivity contribution in [3.63, 3.8) is 0 Å². The number of hydrogen-bond acceptors (Lipinski definition) is 5. The number of nitrogens with one attached hydrogen (secondary N) is 1. The van der Waals surface area contributed by atoms with E-state index >= 15 is 0 Å². The fraction of sp³-hybridized carbons (Fsp3) is 0.423. The minimum atomic E-state index is -0.00484. The van der Waals surface area contributed by atoms with Gasteiger partial charge in [0.15, 0.2) is 5.11 Å². The number of morpholine rings is 1. The van der Waals surface area contributed by atoms with Crippen molar-refractivity contribution in [1.29, 1.82) is 0 Å². The van der Waals surface area contributed by atoms with Crippen LogP contribution in [-0.4, -0.2) is 68.8 Å². The van der Waals surface area contributed by atoms with E-state index in [9.17, 15) is 0 Å². The summed E-state index contributed by atoms with van der Waals surface area (Å²) in [5, 5.41) is 4.39. The lowest BCUT2D eigenvalue weighted by Crippen LogP contribution is -2.39. The van der Waals surface area contributed by atoms with Crippen molar-refractivity contribution in [2.24, 2.45) is 0 Å². The fourth-order valence-corrected chi connectivity index (χ4v) is 5.53. The molecule has 2 atom stereocenters. The smallest absolute Gasteiger partial charge is 0.170 e. The summed E-state index contributed by atoms with van der Waals surface area (Å²) >= 11 is 5.88. The van der Waals surface area contributed by atoms with Gasteiger partial charge in [-0.25, -0.2) is 4.98 Å². The number of aromatic nitrogens is 3. The average molecular weight is 477 g/mol. The van der Waals surface area contributed by atoms with Crippen molar-refractivity contribution in [1.82, 2.24) is 29.7 Å². The predicted octanol–water partition coefficient (Wildman–Crippen LogP) is 3.58. The van der Waals surface area contributed by atoms with Crippen LogP contribution in [0.25, 0.3) is 5.82 Å². The number of aryl methyl sites for hydroxylation is 1. The van der Waals surface area contributed by atoms with Gasteiger partial charge in [0.1, 0.15) is 5.82 Å². The lowest BCUT2D eigenvalue weighted by molar-refractivity contribution is 0.0365. The van der Waals surface area contributed by atoms with Crippen molar-refractivity contribution in [2.75, 3.05) is 39.4 Å². The molecule has 2 aliphatic rings. The van der Waals surface area contributed by atoms with E-state index < -0.39 is 0 Å². The zero-order valence-electron chi connectivity index (χ0n) is 19.9. The van der Waals surface area contributed by atoms with Gasteiger partial charge in [0.05, 0.1) is 31.0 Å². The molecule has 7 nitrogen and oxygen atoms in total. The summed E-state index contributed by atoms with van der Waals surface area (Å²) in [6.07, 6.45) is 4.75. The van der Waals surface area contributed by atoms with Crippen molar-refractivity contribution in [3.05, 3.63) is 77.5 Å². The van der Waals surface area contributed by atoms with E-state index in [1.165, 1.54) is 11.3 Å². The second-order valence-electron chi connectivity index (χ2n) is 8.98. The summed E-state index contributed by atoms with van der Waals surface area (Å²) in [5.74, 6) is 0.936. The van der Waals surface area contributed by atoms with Crippen LogP contribution in [0.2, 0.25) is 0 Å². The lowest BCUT2D eigenvalue weighted by atomic mass is 9.96. The normalized spacial score (nSPS) is 21.1. The molecular weight excluding hydrogens is 444 g/mol. The highest BCUT2D eigenvalue weighted by Gasteiger charge is 2.41. The van der Waals surface area contributed by atoms with E-state index in [0.29, 0.717) is 0 Å². The molecule has 2 saturated heterocycles. The Morgan fingerprint density at radius 1 is 1.03 bits per heavy atom. The highest BCUT2D eigenvalue weighted by atomic mass is 32.1. The molecular formula is C26H32N6OS. The molecule has 0 radical (unpaired) electrons. The summed E-state index contributed by atoms with van der Waals surface area (Å²) in [6.45, 7) is 9.94. The standard InChI is InChI=1S/C26H32N6OS/c1-19-18-21(20(2)32(19)23-9-4-6-11-28-23)25-24(22-8-3-5-10-27-22)29-26(34)31(25)13-7-12-30-14-16-33-17-15-30/h3-6,8-11,18,24-25H,7,12-17H2,1-2H3,(H,29,34)/t24-,25-/m0/s1. The van der Waals surface area contributed by atoms with Crippen LogP contribution in [0.15, 0.2) is 54.9 Å². The Morgan fingerprint density at radius 3 is 2.50 bits per heavy atom. The molecule has 5 heterocycles. The lowest BCUT2D eigenvalue weighted by Gasteiger charge is -2.30. The fourth-order valence-electron chi connectivity index (χ4n) is 5.20. The highest BCUT2D eigenvalue weighted by molar-refractivity contribution is 7.80. The molecule has 0 aliphatic carbocycles. The molecule has 2 aliphatic heterocycles. The highest BCUT2D eigenvalue weighted by Crippen LogP contribution is 2.41. The Kier molecular flexibility index (Phi) is 6.89. The largest absolute Gasteiger partial charge is 0.379 e. The Hall–Kier alpha value is -2.81. The first-order chi connectivity index (χ1) is 16.6. The van der Waals surface area contributed by atoms with E-state index in [2.05, 4.69) is 61.7 Å². The van der Waals surface area contributed by atoms with Gasteiger partial charge >= 0.3 is 0 Å². The van der Waals surface area contributed by atoms with Crippen LogP contribution < -0.4 is 5.32 Å². The second-order valence-corrected chi connectivity index (χ2v) is 9.36. The minimum Gasteiger partial charge on any atom is -0.379 e. The maximum Gasteiger partial charge on any atom is 0.170 e. The molecule has 0 aromatic carbocycles. The van der Waals surface area contributed by atoms with Crippen LogP contribution in [0.4, 0.5) is 0 Å². The van der Waals surface area contributed by atoms with Crippen LogP contribution in [-0.2, 0) is 4.74 Å². The molecule has 0 amide bonds. The summed E-state index contributed by atoms with van der Waals surface area (Å²) in [7, 11) is 0. The van der Waals surface area contributed by atoms with Gasteiger partial charge in [-0.3, -0.25) is 9.88 Å². The van der Waals surface area contributed by atoms with Gasteiger partial charge < -0.3 is 19.5 Å². The summed E-state index contributed by atoms with van der Waals surface area (Å²) in [6, 6.07) is 14.5. The van der Waals surface area contributed by atoms with E-state index in [4.69, 9.17) is 17.0 Å². The first-order valence-electron chi connectivity index (χ1n) is 12.0. The number of rotatable bonds is 7. The second kappa shape index (κ2) is 10.2. The predicted molar refractivity (Wildman–Crippen MR) is 137 cm³/mol. The van der Waals surface area contributed by atoms with Gasteiger partial charge in [-0.05, 0) is 68.4 Å². The third-order valence-corrected chi connectivity index (χ3v) is 7.19. The summed E-state index contributed by atoms with van der Waals surface area (Å²) in [5.41, 5.74) is 4.62. The SMILES string of the molecule is Cc1cc([C@H]2[C@H](c3ccccn3)NC(=S)N2CCCN2CCOCC2)c(C)n1-c1ccccn1. The summed E-state index contributed by atoms with van der Waals surface area (Å²) in [4.78, 5) is 14.1. The van der Waals surface area contributed by atoms with Crippen molar-refractivity contribution < 1.29 is 4.74 Å². The Bertz CT molecular complexity index is 1110. The van der Waals surface area contributed by atoms with E-state index in [1.54, 1.807) is 0 Å². The molecule has 0 spiro atoms. The minimum absolute atomic E-state index is 0.00484. The molecule has 0 unspecified atom stereocenters. The molecule has 2 fully saturated rings. The molecule has 3 aromatic heterocycles.